The van der Waals surface area contributed by atoms with E-state index >= 15 is 0 Å². The Morgan fingerprint density at radius 2 is 0.895 bits per heavy atom. The molecular formula is C16H20O2Zr. The Morgan fingerprint density at radius 3 is 1.11 bits per heavy atom. The molecule has 0 heterocycles. The normalized spacial score (nSPS) is 8.95. The van der Waals surface area contributed by atoms with E-state index in [1.165, 1.54) is 11.1 Å². The molecule has 0 saturated carbocycles. The van der Waals surface area contributed by atoms with Crippen molar-refractivity contribution in [1.29, 1.82) is 0 Å². The summed E-state index contributed by atoms with van der Waals surface area (Å²) in [6.07, 6.45) is 2.06. The van der Waals surface area contributed by atoms with Crippen LogP contribution in [0, 0.1) is 0 Å². The molecule has 0 aliphatic carbocycles. The van der Waals surface area contributed by atoms with Gasteiger partial charge in [0.1, 0.15) is 11.5 Å². The summed E-state index contributed by atoms with van der Waals surface area (Å²) < 4.78 is 0. The van der Waals surface area contributed by atoms with Crippen LogP contribution in [0.25, 0.3) is 0 Å². The second kappa shape index (κ2) is 9.80. The zero-order valence-electron chi connectivity index (χ0n) is 11.4. The van der Waals surface area contributed by atoms with Crippen molar-refractivity contribution >= 4 is 0 Å². The van der Waals surface area contributed by atoms with E-state index in [1.807, 2.05) is 24.3 Å². The van der Waals surface area contributed by atoms with Crippen molar-refractivity contribution < 1.29 is 36.4 Å². The molecule has 19 heavy (non-hydrogen) atoms. The van der Waals surface area contributed by atoms with Gasteiger partial charge in [-0.2, -0.15) is 0 Å². The third kappa shape index (κ3) is 7.17. The van der Waals surface area contributed by atoms with Crippen molar-refractivity contribution in [3.05, 3.63) is 59.7 Å². The molecule has 0 amide bonds. The minimum atomic E-state index is 0. The Kier molecular flexibility index (Phi) is 9.25. The molecule has 2 N–H and O–H groups in total. The average molecular weight is 336 g/mol. The van der Waals surface area contributed by atoms with E-state index in [2.05, 4.69) is 13.8 Å². The fourth-order valence-corrected chi connectivity index (χ4v) is 1.46. The van der Waals surface area contributed by atoms with Gasteiger partial charge in [-0.05, 0) is 48.2 Å². The van der Waals surface area contributed by atoms with Crippen LogP contribution in [0.4, 0.5) is 0 Å². The molecular weight excluding hydrogens is 315 g/mol. The maximum Gasteiger partial charge on any atom is 0.115 e. The Bertz CT molecular complexity index is 404. The van der Waals surface area contributed by atoms with E-state index in [0.29, 0.717) is 11.5 Å². The first-order chi connectivity index (χ1) is 8.65. The van der Waals surface area contributed by atoms with Gasteiger partial charge in [-0.1, -0.05) is 38.1 Å². The second-order valence-corrected chi connectivity index (χ2v) is 4.04. The standard InChI is InChI=1S/2C8H10O.Zr/c2*1-2-7-3-5-8(9)6-4-7;/h2*3-6,9H,2H2,1H3;. The summed E-state index contributed by atoms with van der Waals surface area (Å²) >= 11 is 0. The number of aryl methyl sites for hydroxylation is 2. The monoisotopic (exact) mass is 334 g/mol. The predicted octanol–water partition coefficient (Wildman–Crippen LogP) is 3.91. The van der Waals surface area contributed by atoms with E-state index in [4.69, 9.17) is 10.2 Å². The van der Waals surface area contributed by atoms with Crippen molar-refractivity contribution in [2.75, 3.05) is 0 Å². The molecule has 0 fully saturated rings. The minimum absolute atomic E-state index is 0. The SMILES string of the molecule is CCc1ccc(O)cc1.CCc1ccc(O)cc1.[Zr]. The summed E-state index contributed by atoms with van der Waals surface area (Å²) in [5.41, 5.74) is 2.51. The van der Waals surface area contributed by atoms with E-state index in [-0.39, 0.29) is 26.2 Å². The molecule has 100 valence electrons. The Hall–Kier alpha value is -1.08. The van der Waals surface area contributed by atoms with Gasteiger partial charge in [-0.15, -0.1) is 0 Å². The van der Waals surface area contributed by atoms with Gasteiger partial charge in [0, 0.05) is 26.2 Å². The molecule has 2 aromatic rings. The molecule has 2 aromatic carbocycles. The Labute approximate surface area is 134 Å². The van der Waals surface area contributed by atoms with Crippen LogP contribution in [0.3, 0.4) is 0 Å². The molecule has 0 bridgehead atoms. The van der Waals surface area contributed by atoms with Crippen molar-refractivity contribution in [3.8, 4) is 11.5 Å². The van der Waals surface area contributed by atoms with Crippen LogP contribution in [0.2, 0.25) is 0 Å². The number of phenolic OH excluding ortho intramolecular Hbond substituents is 2. The first-order valence-corrected chi connectivity index (χ1v) is 6.21. The third-order valence-electron chi connectivity index (χ3n) is 2.69. The number of hydrogen-bond donors (Lipinski definition) is 2. The molecule has 0 aromatic heterocycles. The first-order valence-electron chi connectivity index (χ1n) is 6.21. The molecule has 0 aliphatic rings. The van der Waals surface area contributed by atoms with E-state index < -0.39 is 0 Å². The molecule has 0 saturated heterocycles. The van der Waals surface area contributed by atoms with Gasteiger partial charge < -0.3 is 10.2 Å². The van der Waals surface area contributed by atoms with Gasteiger partial charge in [-0.25, -0.2) is 0 Å². The minimum Gasteiger partial charge on any atom is -0.508 e. The van der Waals surface area contributed by atoms with Crippen LogP contribution in [-0.2, 0) is 39.0 Å². The van der Waals surface area contributed by atoms with Crippen LogP contribution in [0.15, 0.2) is 48.5 Å². The number of hydrogen-bond acceptors (Lipinski definition) is 2. The summed E-state index contributed by atoms with van der Waals surface area (Å²) in [4.78, 5) is 0. The summed E-state index contributed by atoms with van der Waals surface area (Å²) in [5.74, 6) is 0.680. The zero-order valence-corrected chi connectivity index (χ0v) is 13.9. The van der Waals surface area contributed by atoms with Crippen LogP contribution in [-0.4, -0.2) is 10.2 Å². The summed E-state index contributed by atoms with van der Waals surface area (Å²) in [7, 11) is 0. The maximum atomic E-state index is 8.85. The molecule has 0 spiro atoms. The maximum absolute atomic E-state index is 8.85. The van der Waals surface area contributed by atoms with Gasteiger partial charge in [-0.3, -0.25) is 0 Å². The molecule has 0 aliphatic heterocycles. The summed E-state index contributed by atoms with van der Waals surface area (Å²) in [5, 5.41) is 17.7. The van der Waals surface area contributed by atoms with Gasteiger partial charge in [0.05, 0.1) is 0 Å². The fourth-order valence-electron chi connectivity index (χ4n) is 1.46. The van der Waals surface area contributed by atoms with Crippen LogP contribution >= 0.6 is 0 Å². The predicted molar refractivity (Wildman–Crippen MR) is 75.0 cm³/mol. The molecule has 2 rings (SSSR count). The van der Waals surface area contributed by atoms with Gasteiger partial charge in [0.2, 0.25) is 0 Å². The molecule has 2 nitrogen and oxygen atoms in total. The molecule has 3 heteroatoms. The summed E-state index contributed by atoms with van der Waals surface area (Å²) in [6, 6.07) is 14.5. The molecule has 0 unspecified atom stereocenters. The Morgan fingerprint density at radius 1 is 0.632 bits per heavy atom. The van der Waals surface area contributed by atoms with Crippen LogP contribution in [0.5, 0.6) is 11.5 Å². The number of benzene rings is 2. The largest absolute Gasteiger partial charge is 0.508 e. The van der Waals surface area contributed by atoms with Crippen LogP contribution < -0.4 is 0 Å². The number of aromatic hydroxyl groups is 2. The van der Waals surface area contributed by atoms with Crippen molar-refractivity contribution in [3.63, 3.8) is 0 Å². The number of phenols is 2. The van der Waals surface area contributed by atoms with Crippen molar-refractivity contribution in [2.24, 2.45) is 0 Å². The van der Waals surface area contributed by atoms with Gasteiger partial charge in [0.25, 0.3) is 0 Å². The number of rotatable bonds is 2. The van der Waals surface area contributed by atoms with Crippen molar-refractivity contribution in [1.82, 2.24) is 0 Å². The fraction of sp³-hybridized carbons (Fsp3) is 0.250. The van der Waals surface area contributed by atoms with E-state index in [0.717, 1.165) is 12.8 Å². The second-order valence-electron chi connectivity index (χ2n) is 4.04. The van der Waals surface area contributed by atoms with Crippen molar-refractivity contribution in [2.45, 2.75) is 26.7 Å². The van der Waals surface area contributed by atoms with Gasteiger partial charge >= 0.3 is 0 Å². The summed E-state index contributed by atoms with van der Waals surface area (Å²) in [6.45, 7) is 4.18. The van der Waals surface area contributed by atoms with Crippen LogP contribution in [0.1, 0.15) is 25.0 Å². The topological polar surface area (TPSA) is 40.5 Å². The molecule has 0 radical (unpaired) electrons. The quantitative estimate of drug-likeness (QED) is 0.873. The molecule has 0 atom stereocenters. The zero-order chi connectivity index (χ0) is 13.4. The van der Waals surface area contributed by atoms with E-state index in [1.54, 1.807) is 24.3 Å². The van der Waals surface area contributed by atoms with Gasteiger partial charge in [0.15, 0.2) is 0 Å². The third-order valence-corrected chi connectivity index (χ3v) is 2.69. The smallest absolute Gasteiger partial charge is 0.115 e. The Balaban J connectivity index is 0.000000324. The first kappa shape index (κ1) is 17.9. The average Bonchev–Trinajstić information content (AvgIpc) is 2.41. The van der Waals surface area contributed by atoms with E-state index in [9.17, 15) is 0 Å².